The van der Waals surface area contributed by atoms with Crippen LogP contribution in [0.15, 0.2) is 152 Å². The third-order valence-electron chi connectivity index (χ3n) is 12.3. The van der Waals surface area contributed by atoms with Gasteiger partial charge in [-0.25, -0.2) is 0 Å². The van der Waals surface area contributed by atoms with Crippen LogP contribution in [0.5, 0.6) is 0 Å². The van der Waals surface area contributed by atoms with E-state index in [-0.39, 0.29) is 16.2 Å². The van der Waals surface area contributed by atoms with Crippen LogP contribution in [0, 0.1) is 6.92 Å². The van der Waals surface area contributed by atoms with E-state index >= 15 is 0 Å². The second kappa shape index (κ2) is 12.2. The molecule has 0 N–H and O–H groups in total. The van der Waals surface area contributed by atoms with Crippen molar-refractivity contribution in [3.05, 3.63) is 185 Å². The van der Waals surface area contributed by atoms with Crippen molar-refractivity contribution in [3.8, 4) is 44.5 Å². The van der Waals surface area contributed by atoms with Crippen LogP contribution in [0.2, 0.25) is 0 Å². The van der Waals surface area contributed by atoms with Crippen molar-refractivity contribution in [1.29, 1.82) is 0 Å². The normalized spacial score (nSPS) is 14.6. The molecule has 0 saturated heterocycles. The lowest BCUT2D eigenvalue weighted by Crippen LogP contribution is -2.18. The van der Waals surface area contributed by atoms with E-state index in [9.17, 15) is 0 Å². The number of benzene rings is 7. The number of fused-ring (bicyclic) bond motifs is 6. The molecule has 0 aromatic heterocycles. The SMILES string of the molecule is Cc1cc2c(cc1C(C)(C)C)C(C)(C)c1cccc(-c3ccccc3N(c3ccc(-c4ccccc4)cc3)c3ccc4c(c3)C(C)(C)c3ccccc3-4)c1-2. The largest absolute Gasteiger partial charge is 0.310 e. The van der Waals surface area contributed by atoms with Gasteiger partial charge in [0.15, 0.2) is 0 Å². The molecule has 0 atom stereocenters. The predicted molar refractivity (Wildman–Crippen MR) is 231 cm³/mol. The van der Waals surface area contributed by atoms with E-state index in [1.54, 1.807) is 0 Å². The fourth-order valence-corrected chi connectivity index (χ4v) is 9.56. The van der Waals surface area contributed by atoms with Crippen molar-refractivity contribution in [1.82, 2.24) is 0 Å². The molecule has 0 saturated carbocycles. The lowest BCUT2D eigenvalue weighted by molar-refractivity contribution is 0.580. The van der Waals surface area contributed by atoms with E-state index in [1.807, 2.05) is 0 Å². The molecule has 7 aromatic rings. The van der Waals surface area contributed by atoms with Crippen LogP contribution < -0.4 is 4.90 Å². The zero-order valence-electron chi connectivity index (χ0n) is 32.9. The number of aryl methyl sites for hydroxylation is 1. The van der Waals surface area contributed by atoms with Crippen molar-refractivity contribution in [2.24, 2.45) is 0 Å². The first-order valence-corrected chi connectivity index (χ1v) is 19.4. The molecule has 54 heavy (non-hydrogen) atoms. The van der Waals surface area contributed by atoms with Crippen LogP contribution in [0.3, 0.4) is 0 Å². The average Bonchev–Trinajstić information content (AvgIpc) is 3.54. The molecular weight excluding hydrogens is 651 g/mol. The Balaban J connectivity index is 1.26. The molecule has 0 spiro atoms. The molecule has 2 aliphatic carbocycles. The van der Waals surface area contributed by atoms with Gasteiger partial charge in [-0.1, -0.05) is 170 Å². The summed E-state index contributed by atoms with van der Waals surface area (Å²) >= 11 is 0. The summed E-state index contributed by atoms with van der Waals surface area (Å²) in [5, 5.41) is 0. The Kier molecular flexibility index (Phi) is 7.70. The van der Waals surface area contributed by atoms with Gasteiger partial charge in [0.1, 0.15) is 0 Å². The van der Waals surface area contributed by atoms with Gasteiger partial charge in [-0.05, 0) is 115 Å². The Morgan fingerprint density at radius 1 is 0.426 bits per heavy atom. The van der Waals surface area contributed by atoms with Crippen molar-refractivity contribution in [2.45, 2.75) is 71.6 Å². The summed E-state index contributed by atoms with van der Waals surface area (Å²) < 4.78 is 0. The molecule has 0 fully saturated rings. The highest BCUT2D eigenvalue weighted by atomic mass is 15.1. The Morgan fingerprint density at radius 3 is 1.72 bits per heavy atom. The first-order valence-electron chi connectivity index (χ1n) is 19.4. The van der Waals surface area contributed by atoms with Gasteiger partial charge in [-0.3, -0.25) is 0 Å². The minimum Gasteiger partial charge on any atom is -0.310 e. The summed E-state index contributed by atoms with van der Waals surface area (Å²) in [7, 11) is 0. The molecular formula is C53H49N. The lowest BCUT2D eigenvalue weighted by atomic mass is 9.77. The third kappa shape index (κ3) is 5.20. The summed E-state index contributed by atoms with van der Waals surface area (Å²) in [5.41, 5.74) is 22.0. The minimum absolute atomic E-state index is 0.0712. The lowest BCUT2D eigenvalue weighted by Gasteiger charge is -2.30. The van der Waals surface area contributed by atoms with E-state index in [0.717, 1.165) is 11.4 Å². The Bertz CT molecular complexity index is 2580. The van der Waals surface area contributed by atoms with Gasteiger partial charge >= 0.3 is 0 Å². The minimum atomic E-state index is -0.114. The van der Waals surface area contributed by atoms with Gasteiger partial charge in [0.25, 0.3) is 0 Å². The summed E-state index contributed by atoms with van der Waals surface area (Å²) in [6.07, 6.45) is 0. The van der Waals surface area contributed by atoms with Crippen LogP contribution >= 0.6 is 0 Å². The highest BCUT2D eigenvalue weighted by molar-refractivity contribution is 5.99. The second-order valence-electron chi connectivity index (χ2n) is 17.5. The predicted octanol–water partition coefficient (Wildman–Crippen LogP) is 14.7. The molecule has 0 aliphatic heterocycles. The first kappa shape index (κ1) is 34.1. The molecule has 9 rings (SSSR count). The molecule has 2 aliphatic rings. The van der Waals surface area contributed by atoms with Gasteiger partial charge in [-0.15, -0.1) is 0 Å². The number of hydrogen-bond donors (Lipinski definition) is 0. The smallest absolute Gasteiger partial charge is 0.0540 e. The van der Waals surface area contributed by atoms with Crippen molar-refractivity contribution < 1.29 is 0 Å². The molecule has 1 nitrogen and oxygen atoms in total. The van der Waals surface area contributed by atoms with E-state index < -0.39 is 0 Å². The fourth-order valence-electron chi connectivity index (χ4n) is 9.56. The van der Waals surface area contributed by atoms with Crippen molar-refractivity contribution in [2.75, 3.05) is 4.90 Å². The summed E-state index contributed by atoms with van der Waals surface area (Å²) in [5.74, 6) is 0. The number of rotatable bonds is 5. The third-order valence-corrected chi connectivity index (χ3v) is 12.3. The topological polar surface area (TPSA) is 3.24 Å². The Hall–Kier alpha value is -5.66. The Labute approximate surface area is 322 Å². The van der Waals surface area contributed by atoms with E-state index in [0.29, 0.717) is 0 Å². The van der Waals surface area contributed by atoms with Crippen LogP contribution in [0.4, 0.5) is 17.1 Å². The van der Waals surface area contributed by atoms with Gasteiger partial charge < -0.3 is 4.90 Å². The first-order chi connectivity index (χ1) is 25.9. The zero-order chi connectivity index (χ0) is 37.6. The van der Waals surface area contributed by atoms with Crippen LogP contribution in [-0.4, -0.2) is 0 Å². The molecule has 266 valence electrons. The Morgan fingerprint density at radius 2 is 0.981 bits per heavy atom. The molecule has 7 aromatic carbocycles. The maximum atomic E-state index is 2.51. The maximum absolute atomic E-state index is 2.51. The number of nitrogens with zero attached hydrogens (tertiary/aromatic N) is 1. The summed E-state index contributed by atoms with van der Waals surface area (Å²) in [4.78, 5) is 2.48. The van der Waals surface area contributed by atoms with Gasteiger partial charge in [-0.2, -0.15) is 0 Å². The quantitative estimate of drug-likeness (QED) is 0.173. The standard InChI is InChI=1S/C53H49N/c1-34-31-43-48(33-46(34)51(2,3)4)53(7,8)45-23-16-21-42(50(43)45)41-20-13-15-24-49(41)54(37-27-25-36(26-28-37)35-17-10-9-11-18-35)38-29-30-40-39-19-12-14-22-44(39)52(5,6)47(40)32-38/h9-33H,1-8H3. The average molecular weight is 700 g/mol. The van der Waals surface area contributed by atoms with E-state index in [1.165, 1.54) is 83.6 Å². The number of para-hydroxylation sites is 1. The number of hydrogen-bond acceptors (Lipinski definition) is 1. The fraction of sp³-hybridized carbons (Fsp3) is 0.208. The van der Waals surface area contributed by atoms with E-state index in [4.69, 9.17) is 0 Å². The maximum Gasteiger partial charge on any atom is 0.0540 e. The van der Waals surface area contributed by atoms with Crippen LogP contribution in [0.25, 0.3) is 44.5 Å². The number of anilines is 3. The molecule has 0 heterocycles. The molecule has 0 unspecified atom stereocenters. The molecule has 0 radical (unpaired) electrons. The molecule has 0 amide bonds. The van der Waals surface area contributed by atoms with Crippen LogP contribution in [-0.2, 0) is 16.2 Å². The summed E-state index contributed by atoms with van der Waals surface area (Å²) in [6, 6.07) is 56.8. The molecule has 1 heteroatoms. The highest BCUT2D eigenvalue weighted by Crippen LogP contribution is 2.56. The second-order valence-corrected chi connectivity index (χ2v) is 17.5. The monoisotopic (exact) mass is 699 g/mol. The van der Waals surface area contributed by atoms with Gasteiger partial charge in [0.05, 0.1) is 5.69 Å². The van der Waals surface area contributed by atoms with Crippen LogP contribution in [0.1, 0.15) is 81.8 Å². The van der Waals surface area contributed by atoms with Crippen molar-refractivity contribution in [3.63, 3.8) is 0 Å². The van der Waals surface area contributed by atoms with Crippen molar-refractivity contribution >= 4 is 17.1 Å². The summed E-state index contributed by atoms with van der Waals surface area (Å²) in [6.45, 7) is 18.8. The van der Waals surface area contributed by atoms with Gasteiger partial charge in [0.2, 0.25) is 0 Å². The zero-order valence-corrected chi connectivity index (χ0v) is 32.9. The van der Waals surface area contributed by atoms with Gasteiger partial charge in [0, 0.05) is 27.8 Å². The van der Waals surface area contributed by atoms with E-state index in [2.05, 4.69) is 212 Å². The highest BCUT2D eigenvalue weighted by Gasteiger charge is 2.39. The molecule has 0 bridgehead atoms.